The van der Waals surface area contributed by atoms with Gasteiger partial charge in [0.2, 0.25) is 0 Å². The van der Waals surface area contributed by atoms with Crippen molar-refractivity contribution in [3.63, 3.8) is 0 Å². The Bertz CT molecular complexity index is 399. The van der Waals surface area contributed by atoms with Crippen molar-refractivity contribution in [1.82, 2.24) is 0 Å². The smallest absolute Gasteiger partial charge is 0.00985 e. The van der Waals surface area contributed by atoms with Crippen LogP contribution in [-0.4, -0.2) is 0 Å². The Morgan fingerprint density at radius 3 is 1.53 bits per heavy atom. The molecule has 108 valence electrons. The van der Waals surface area contributed by atoms with E-state index in [0.717, 1.165) is 0 Å². The predicted octanol–water partition coefficient (Wildman–Crippen LogP) is 6.09. The molecule has 0 heteroatoms. The van der Waals surface area contributed by atoms with Crippen LogP contribution in [0.3, 0.4) is 0 Å². The van der Waals surface area contributed by atoms with Crippen LogP contribution in [0, 0.1) is 5.41 Å². The van der Waals surface area contributed by atoms with Gasteiger partial charge in [0.05, 0.1) is 0 Å². The first-order chi connectivity index (χ1) is 8.48. The Balaban J connectivity index is 2.97. The van der Waals surface area contributed by atoms with Crippen LogP contribution in [0.1, 0.15) is 79.4 Å². The third-order valence-electron chi connectivity index (χ3n) is 4.41. The first kappa shape index (κ1) is 16.3. The molecule has 1 rings (SSSR count). The molecule has 0 nitrogen and oxygen atoms in total. The van der Waals surface area contributed by atoms with Crippen molar-refractivity contribution < 1.29 is 0 Å². The van der Waals surface area contributed by atoms with Gasteiger partial charge in [-0.2, -0.15) is 0 Å². The lowest BCUT2D eigenvalue weighted by molar-refractivity contribution is 0.248. The zero-order chi connectivity index (χ0) is 14.9. The summed E-state index contributed by atoms with van der Waals surface area (Å²) in [6.45, 7) is 18.6. The number of rotatable bonds is 4. The highest BCUT2D eigenvalue weighted by atomic mass is 14.3. The Morgan fingerprint density at radius 1 is 0.737 bits per heavy atom. The Morgan fingerprint density at radius 2 is 1.16 bits per heavy atom. The molecule has 0 aliphatic rings. The lowest BCUT2D eigenvalue weighted by atomic mass is 9.70. The third kappa shape index (κ3) is 4.37. The SMILES string of the molecule is CCC(C)(C)CC(C)(C)c1ccc(C(C)(C)C)cc1. The molecule has 19 heavy (non-hydrogen) atoms. The van der Waals surface area contributed by atoms with Gasteiger partial charge in [-0.05, 0) is 33.8 Å². The summed E-state index contributed by atoms with van der Waals surface area (Å²) in [7, 11) is 0. The molecule has 1 aromatic rings. The van der Waals surface area contributed by atoms with Crippen molar-refractivity contribution >= 4 is 0 Å². The maximum Gasteiger partial charge on any atom is -0.00985 e. The van der Waals surface area contributed by atoms with Gasteiger partial charge >= 0.3 is 0 Å². The summed E-state index contributed by atoms with van der Waals surface area (Å²) in [5.41, 5.74) is 3.77. The molecule has 0 fully saturated rings. The summed E-state index contributed by atoms with van der Waals surface area (Å²) in [6, 6.07) is 9.25. The zero-order valence-corrected chi connectivity index (χ0v) is 14.2. The van der Waals surface area contributed by atoms with E-state index in [0.29, 0.717) is 5.41 Å². The predicted molar refractivity (Wildman–Crippen MR) is 86.9 cm³/mol. The first-order valence-electron chi connectivity index (χ1n) is 7.59. The van der Waals surface area contributed by atoms with Crippen molar-refractivity contribution in [2.24, 2.45) is 5.41 Å². The average Bonchev–Trinajstić information content (AvgIpc) is 2.27. The van der Waals surface area contributed by atoms with E-state index in [4.69, 9.17) is 0 Å². The van der Waals surface area contributed by atoms with Crippen molar-refractivity contribution in [3.05, 3.63) is 35.4 Å². The molecule has 0 heterocycles. The Kier molecular flexibility index (Phi) is 4.55. The Labute approximate surface area is 120 Å². The van der Waals surface area contributed by atoms with Crippen molar-refractivity contribution in [3.8, 4) is 0 Å². The molecule has 0 unspecified atom stereocenters. The van der Waals surface area contributed by atoms with Crippen LogP contribution in [0.4, 0.5) is 0 Å². The molecule has 0 spiro atoms. The minimum atomic E-state index is 0.241. The molecule has 0 atom stereocenters. The van der Waals surface area contributed by atoms with E-state index in [-0.39, 0.29) is 10.8 Å². The van der Waals surface area contributed by atoms with E-state index in [1.165, 1.54) is 24.0 Å². The summed E-state index contributed by atoms with van der Waals surface area (Å²) < 4.78 is 0. The standard InChI is InChI=1S/C19H32/c1-9-18(5,6)14-19(7,8)16-12-10-15(11-13-16)17(2,3)4/h10-13H,9,14H2,1-8H3. The van der Waals surface area contributed by atoms with Crippen LogP contribution in [0.25, 0.3) is 0 Å². The maximum absolute atomic E-state index is 2.37. The minimum Gasteiger partial charge on any atom is -0.0649 e. The minimum absolute atomic E-state index is 0.241. The van der Waals surface area contributed by atoms with Gasteiger partial charge in [0.1, 0.15) is 0 Å². The van der Waals surface area contributed by atoms with E-state index < -0.39 is 0 Å². The number of hydrogen-bond acceptors (Lipinski definition) is 0. The quantitative estimate of drug-likeness (QED) is 0.614. The van der Waals surface area contributed by atoms with Crippen molar-refractivity contribution in [2.75, 3.05) is 0 Å². The molecule has 0 amide bonds. The second-order valence-electron chi connectivity index (χ2n) is 8.41. The van der Waals surface area contributed by atoms with Gasteiger partial charge in [-0.1, -0.05) is 86.1 Å². The zero-order valence-electron chi connectivity index (χ0n) is 14.2. The van der Waals surface area contributed by atoms with Crippen molar-refractivity contribution in [1.29, 1.82) is 0 Å². The van der Waals surface area contributed by atoms with Gasteiger partial charge in [0, 0.05) is 0 Å². The molecule has 0 saturated carbocycles. The van der Waals surface area contributed by atoms with E-state index in [9.17, 15) is 0 Å². The van der Waals surface area contributed by atoms with Crippen LogP contribution < -0.4 is 0 Å². The first-order valence-corrected chi connectivity index (χ1v) is 7.59. The second-order valence-corrected chi connectivity index (χ2v) is 8.41. The normalized spacial score (nSPS) is 13.7. The molecule has 0 aromatic heterocycles. The van der Waals surface area contributed by atoms with Crippen molar-refractivity contribution in [2.45, 2.75) is 79.1 Å². The molecule has 0 bridgehead atoms. The highest BCUT2D eigenvalue weighted by Crippen LogP contribution is 2.38. The summed E-state index contributed by atoms with van der Waals surface area (Å²) in [5, 5.41) is 0. The summed E-state index contributed by atoms with van der Waals surface area (Å²) >= 11 is 0. The fourth-order valence-electron chi connectivity index (χ4n) is 2.84. The Hall–Kier alpha value is -0.780. The fraction of sp³-hybridized carbons (Fsp3) is 0.684. The van der Waals surface area contributed by atoms with E-state index in [1.54, 1.807) is 0 Å². The van der Waals surface area contributed by atoms with Gasteiger partial charge in [-0.25, -0.2) is 0 Å². The molecular weight excluding hydrogens is 228 g/mol. The van der Waals surface area contributed by atoms with Gasteiger partial charge in [-0.3, -0.25) is 0 Å². The van der Waals surface area contributed by atoms with Gasteiger partial charge < -0.3 is 0 Å². The highest BCUT2D eigenvalue weighted by molar-refractivity contribution is 5.31. The molecule has 0 aliphatic heterocycles. The van der Waals surface area contributed by atoms with Crippen LogP contribution >= 0.6 is 0 Å². The summed E-state index contributed by atoms with van der Waals surface area (Å²) in [5.74, 6) is 0. The number of hydrogen-bond donors (Lipinski definition) is 0. The average molecular weight is 260 g/mol. The number of benzene rings is 1. The van der Waals surface area contributed by atoms with E-state index >= 15 is 0 Å². The topological polar surface area (TPSA) is 0 Å². The van der Waals surface area contributed by atoms with Crippen LogP contribution in [0.15, 0.2) is 24.3 Å². The summed E-state index contributed by atoms with van der Waals surface area (Å²) in [4.78, 5) is 0. The van der Waals surface area contributed by atoms with Gasteiger partial charge in [0.25, 0.3) is 0 Å². The van der Waals surface area contributed by atoms with E-state index in [1.807, 2.05) is 0 Å². The third-order valence-corrected chi connectivity index (χ3v) is 4.41. The lowest BCUT2D eigenvalue weighted by Crippen LogP contribution is -2.26. The van der Waals surface area contributed by atoms with E-state index in [2.05, 4.69) is 79.7 Å². The lowest BCUT2D eigenvalue weighted by Gasteiger charge is -2.35. The highest BCUT2D eigenvalue weighted by Gasteiger charge is 2.29. The molecule has 0 saturated heterocycles. The van der Waals surface area contributed by atoms with Crippen LogP contribution in [-0.2, 0) is 10.8 Å². The summed E-state index contributed by atoms with van der Waals surface area (Å²) in [6.07, 6.45) is 2.46. The van der Waals surface area contributed by atoms with Crippen LogP contribution in [0.2, 0.25) is 0 Å². The molecule has 0 radical (unpaired) electrons. The molecular formula is C19H32. The molecule has 0 aliphatic carbocycles. The van der Waals surface area contributed by atoms with Gasteiger partial charge in [-0.15, -0.1) is 0 Å². The monoisotopic (exact) mass is 260 g/mol. The largest absolute Gasteiger partial charge is 0.0649 e. The van der Waals surface area contributed by atoms with Gasteiger partial charge in [0.15, 0.2) is 0 Å². The second kappa shape index (κ2) is 5.31. The maximum atomic E-state index is 2.37. The molecule has 1 aromatic carbocycles. The molecule has 0 N–H and O–H groups in total. The fourth-order valence-corrected chi connectivity index (χ4v) is 2.84. The van der Waals surface area contributed by atoms with Crippen LogP contribution in [0.5, 0.6) is 0 Å².